The number of benzene rings is 1. The average Bonchev–Trinajstić information content (AvgIpc) is 3.05. The molecule has 0 spiro atoms. The van der Waals surface area contributed by atoms with E-state index in [2.05, 4.69) is 55.4 Å². The zero-order valence-corrected chi connectivity index (χ0v) is 18.2. The fourth-order valence-electron chi connectivity index (χ4n) is 3.07. The fourth-order valence-corrected chi connectivity index (χ4v) is 4.13. The molecule has 7 heteroatoms. The number of nitrogens with one attached hydrogen (secondary N) is 2. The summed E-state index contributed by atoms with van der Waals surface area (Å²) >= 11 is 1.57. The number of hydrogen-bond acceptors (Lipinski definition) is 5. The van der Waals surface area contributed by atoms with Crippen molar-refractivity contribution >= 4 is 33.4 Å². The van der Waals surface area contributed by atoms with Crippen molar-refractivity contribution < 1.29 is 9.59 Å². The Kier molecular flexibility index (Phi) is 7.95. The minimum Gasteiger partial charge on any atom is -0.350 e. The number of nitrogens with zero attached hydrogens (tertiary/aromatic N) is 1. The number of amides is 2. The summed E-state index contributed by atoms with van der Waals surface area (Å²) in [5.41, 5.74) is 8.01. The van der Waals surface area contributed by atoms with E-state index in [-0.39, 0.29) is 23.8 Å². The van der Waals surface area contributed by atoms with E-state index in [1.54, 1.807) is 11.3 Å². The van der Waals surface area contributed by atoms with E-state index in [9.17, 15) is 9.59 Å². The Morgan fingerprint density at radius 2 is 1.93 bits per heavy atom. The molecule has 0 saturated carbocycles. The van der Waals surface area contributed by atoms with Gasteiger partial charge in [0.15, 0.2) is 0 Å². The van der Waals surface area contributed by atoms with Crippen molar-refractivity contribution in [2.75, 3.05) is 6.54 Å². The number of carbonyl (C=O) groups is 2. The van der Waals surface area contributed by atoms with Crippen molar-refractivity contribution in [3.8, 4) is 0 Å². The van der Waals surface area contributed by atoms with Crippen molar-refractivity contribution in [3.63, 3.8) is 0 Å². The van der Waals surface area contributed by atoms with Gasteiger partial charge in [-0.05, 0) is 29.5 Å². The molecule has 4 N–H and O–H groups in total. The van der Waals surface area contributed by atoms with Crippen molar-refractivity contribution in [3.05, 3.63) is 28.8 Å². The lowest BCUT2D eigenvalue weighted by Gasteiger charge is -2.25. The highest BCUT2D eigenvalue weighted by atomic mass is 32.1. The van der Waals surface area contributed by atoms with Crippen LogP contribution in [0.1, 0.15) is 57.5 Å². The van der Waals surface area contributed by atoms with Gasteiger partial charge in [0.2, 0.25) is 11.8 Å². The average molecular weight is 405 g/mol. The lowest BCUT2D eigenvalue weighted by Crippen LogP contribution is -2.53. The predicted molar refractivity (Wildman–Crippen MR) is 115 cm³/mol. The maximum absolute atomic E-state index is 12.8. The Balaban J connectivity index is 2.20. The molecule has 2 rings (SSSR count). The van der Waals surface area contributed by atoms with Gasteiger partial charge in [-0.15, -0.1) is 11.3 Å². The highest BCUT2D eigenvalue weighted by Crippen LogP contribution is 2.27. The molecule has 0 aliphatic rings. The van der Waals surface area contributed by atoms with Gasteiger partial charge in [-0.25, -0.2) is 4.98 Å². The van der Waals surface area contributed by atoms with E-state index < -0.39 is 6.04 Å². The summed E-state index contributed by atoms with van der Waals surface area (Å²) in [5, 5.41) is 6.59. The summed E-state index contributed by atoms with van der Waals surface area (Å²) in [4.78, 5) is 29.1. The number of nitrogens with two attached hydrogens (primary N) is 1. The van der Waals surface area contributed by atoms with Gasteiger partial charge in [-0.2, -0.15) is 0 Å². The topological polar surface area (TPSA) is 97.1 Å². The molecule has 1 heterocycles. The predicted octanol–water partition coefficient (Wildman–Crippen LogP) is 2.96. The van der Waals surface area contributed by atoms with Crippen molar-refractivity contribution in [1.82, 2.24) is 15.6 Å². The first-order valence-corrected chi connectivity index (χ1v) is 10.7. The maximum atomic E-state index is 12.8. The first-order valence-electron chi connectivity index (χ1n) is 9.92. The Hall–Kier alpha value is -1.99. The van der Waals surface area contributed by atoms with Crippen LogP contribution < -0.4 is 16.4 Å². The molecule has 2 aromatic rings. The molecule has 0 saturated heterocycles. The lowest BCUT2D eigenvalue weighted by atomic mass is 9.98. The molecular weight excluding hydrogens is 372 g/mol. The van der Waals surface area contributed by atoms with E-state index in [1.807, 2.05) is 6.07 Å². The summed E-state index contributed by atoms with van der Waals surface area (Å²) in [6.07, 6.45) is 1.28. The van der Waals surface area contributed by atoms with E-state index in [0.717, 1.165) is 21.6 Å². The van der Waals surface area contributed by atoms with Crippen LogP contribution >= 0.6 is 11.3 Å². The summed E-state index contributed by atoms with van der Waals surface area (Å²) in [5.74, 6) is 0.259. The highest BCUT2D eigenvalue weighted by Gasteiger charge is 2.25. The number of carbonyl (C=O) groups excluding carboxylic acids is 2. The second-order valence-corrected chi connectivity index (χ2v) is 8.80. The van der Waals surface area contributed by atoms with Crippen LogP contribution in [0.5, 0.6) is 0 Å². The molecule has 28 heavy (non-hydrogen) atoms. The third-order valence-corrected chi connectivity index (χ3v) is 6.15. The molecule has 154 valence electrons. The quantitative estimate of drug-likeness (QED) is 0.598. The largest absolute Gasteiger partial charge is 0.350 e. The van der Waals surface area contributed by atoms with Gasteiger partial charge < -0.3 is 16.4 Å². The smallest absolute Gasteiger partial charge is 0.243 e. The zero-order chi connectivity index (χ0) is 20.8. The number of hydrogen-bond donors (Lipinski definition) is 3. The molecule has 0 radical (unpaired) electrons. The zero-order valence-electron chi connectivity index (χ0n) is 17.4. The molecule has 6 nitrogen and oxygen atoms in total. The van der Waals surface area contributed by atoms with Crippen LogP contribution in [0.2, 0.25) is 0 Å². The van der Waals surface area contributed by atoms with Gasteiger partial charge in [0.1, 0.15) is 6.04 Å². The van der Waals surface area contributed by atoms with Crippen LogP contribution in [0.4, 0.5) is 0 Å². The Morgan fingerprint density at radius 3 is 2.50 bits per heavy atom. The fraction of sp³-hybridized carbons (Fsp3) is 0.571. The molecule has 2 amide bonds. The molecule has 3 atom stereocenters. The molecular formula is C21H32N4O2S. The van der Waals surface area contributed by atoms with Crippen LogP contribution in [-0.2, 0) is 16.0 Å². The Morgan fingerprint density at radius 1 is 1.21 bits per heavy atom. The number of rotatable bonds is 9. The van der Waals surface area contributed by atoms with Crippen LogP contribution in [0, 0.1) is 5.92 Å². The number of aromatic nitrogens is 1. The second kappa shape index (κ2) is 9.98. The lowest BCUT2D eigenvalue weighted by molar-refractivity contribution is -0.128. The van der Waals surface area contributed by atoms with Crippen LogP contribution in [0.25, 0.3) is 10.2 Å². The van der Waals surface area contributed by atoms with Crippen LogP contribution in [-0.4, -0.2) is 35.4 Å². The second-order valence-electron chi connectivity index (χ2n) is 7.68. The van der Waals surface area contributed by atoms with Crippen LogP contribution in [0.15, 0.2) is 18.2 Å². The standard InChI is InChI=1S/C21H32N4O2S/c1-6-13(4)18(11-22)25-21(27)17(23-14(5)26)10-20-24-16-8-7-15(12(2)3)9-19(16)28-20/h7-9,12-13,17-18H,6,10-11,22H2,1-5H3,(H,23,26)(H,25,27)/t13-,17?,18+/m0/s1. The summed E-state index contributed by atoms with van der Waals surface area (Å²) in [6, 6.07) is 5.48. The molecule has 1 aromatic carbocycles. The highest BCUT2D eigenvalue weighted by molar-refractivity contribution is 7.18. The maximum Gasteiger partial charge on any atom is 0.243 e. The Labute approximate surface area is 171 Å². The van der Waals surface area contributed by atoms with Crippen molar-refractivity contribution in [1.29, 1.82) is 0 Å². The summed E-state index contributed by atoms with van der Waals surface area (Å²) in [7, 11) is 0. The third-order valence-electron chi connectivity index (χ3n) is 5.11. The van der Waals surface area contributed by atoms with E-state index in [0.29, 0.717) is 18.9 Å². The van der Waals surface area contributed by atoms with Gasteiger partial charge in [-0.3, -0.25) is 9.59 Å². The third kappa shape index (κ3) is 5.75. The van der Waals surface area contributed by atoms with Gasteiger partial charge in [-0.1, -0.05) is 40.2 Å². The van der Waals surface area contributed by atoms with E-state index >= 15 is 0 Å². The monoisotopic (exact) mass is 404 g/mol. The summed E-state index contributed by atoms with van der Waals surface area (Å²) < 4.78 is 1.10. The van der Waals surface area contributed by atoms with Gasteiger partial charge >= 0.3 is 0 Å². The van der Waals surface area contributed by atoms with Gasteiger partial charge in [0, 0.05) is 25.9 Å². The van der Waals surface area contributed by atoms with Crippen molar-refractivity contribution in [2.45, 2.75) is 65.5 Å². The molecule has 0 bridgehead atoms. The van der Waals surface area contributed by atoms with Crippen molar-refractivity contribution in [2.24, 2.45) is 11.7 Å². The molecule has 0 aliphatic heterocycles. The van der Waals surface area contributed by atoms with Gasteiger partial charge in [0.25, 0.3) is 0 Å². The normalized spacial score (nSPS) is 14.7. The van der Waals surface area contributed by atoms with E-state index in [1.165, 1.54) is 12.5 Å². The van der Waals surface area contributed by atoms with Gasteiger partial charge in [0.05, 0.1) is 15.2 Å². The molecule has 0 fully saturated rings. The molecule has 1 aromatic heterocycles. The molecule has 0 aliphatic carbocycles. The minimum atomic E-state index is -0.666. The first kappa shape index (κ1) is 22.3. The van der Waals surface area contributed by atoms with Crippen LogP contribution in [0.3, 0.4) is 0 Å². The Bertz CT molecular complexity index is 818. The number of thiazole rings is 1. The van der Waals surface area contributed by atoms with E-state index in [4.69, 9.17) is 5.73 Å². The summed E-state index contributed by atoms with van der Waals surface area (Å²) in [6.45, 7) is 10.2. The first-order chi connectivity index (χ1) is 13.2. The number of fused-ring (bicyclic) bond motifs is 1. The SMILES string of the molecule is CC[C@H](C)[C@@H](CN)NC(=O)C(Cc1nc2ccc(C(C)C)cc2s1)NC(C)=O. The minimum absolute atomic E-state index is 0.113. The molecule has 1 unspecified atom stereocenters.